The summed E-state index contributed by atoms with van der Waals surface area (Å²) in [5.74, 6) is -1.75. The first-order chi connectivity index (χ1) is 9.73. The van der Waals surface area contributed by atoms with Gasteiger partial charge < -0.3 is 15.3 Å². The van der Waals surface area contributed by atoms with Crippen molar-refractivity contribution in [2.24, 2.45) is 0 Å². The summed E-state index contributed by atoms with van der Waals surface area (Å²) in [6.45, 7) is 4.59. The molecule has 0 aliphatic rings. The average molecular weight is 293 g/mol. The molecule has 0 heterocycles. The monoisotopic (exact) mass is 293 g/mol. The van der Waals surface area contributed by atoms with Crippen LogP contribution in [0.2, 0.25) is 0 Å². The zero-order valence-electron chi connectivity index (χ0n) is 12.0. The third-order valence-electron chi connectivity index (χ3n) is 3.10. The zero-order chi connectivity index (χ0) is 16.2. The summed E-state index contributed by atoms with van der Waals surface area (Å²) >= 11 is 0. The summed E-state index contributed by atoms with van der Waals surface area (Å²) in [6, 6.07) is 4.46. The Bertz CT molecular complexity index is 608. The van der Waals surface area contributed by atoms with Crippen LogP contribution in [0.4, 0.5) is 14.9 Å². The number of hydrogen-bond acceptors (Lipinski definition) is 3. The molecular formula is C14H16FN3O3. The second-order valence-electron chi connectivity index (χ2n) is 4.84. The molecule has 1 aromatic rings. The Morgan fingerprint density at radius 1 is 1.48 bits per heavy atom. The summed E-state index contributed by atoms with van der Waals surface area (Å²) < 4.78 is 13.0. The molecular weight excluding hydrogens is 277 g/mol. The Balaban J connectivity index is 3.05. The lowest BCUT2D eigenvalue weighted by Gasteiger charge is -2.34. The Kier molecular flexibility index (Phi) is 4.87. The van der Waals surface area contributed by atoms with Crippen molar-refractivity contribution in [3.05, 3.63) is 29.6 Å². The largest absolute Gasteiger partial charge is 0.480 e. The van der Waals surface area contributed by atoms with Crippen molar-refractivity contribution in [3.8, 4) is 6.07 Å². The van der Waals surface area contributed by atoms with Gasteiger partial charge in [-0.1, -0.05) is 0 Å². The lowest BCUT2D eigenvalue weighted by atomic mass is 10.0. The van der Waals surface area contributed by atoms with Gasteiger partial charge in [-0.2, -0.15) is 5.26 Å². The first-order valence-corrected chi connectivity index (χ1v) is 6.25. The van der Waals surface area contributed by atoms with E-state index in [-0.39, 0.29) is 17.8 Å². The van der Waals surface area contributed by atoms with Crippen LogP contribution >= 0.6 is 0 Å². The maximum atomic E-state index is 13.0. The normalized spacial score (nSPS) is 10.6. The Morgan fingerprint density at radius 2 is 2.10 bits per heavy atom. The number of nitrogens with one attached hydrogen (secondary N) is 1. The quantitative estimate of drug-likeness (QED) is 0.891. The predicted octanol–water partition coefficient (Wildman–Crippen LogP) is 2.41. The third kappa shape index (κ3) is 3.48. The molecule has 0 saturated heterocycles. The molecule has 6 nitrogen and oxygen atoms in total. The predicted molar refractivity (Wildman–Crippen MR) is 74.2 cm³/mol. The summed E-state index contributed by atoms with van der Waals surface area (Å²) in [4.78, 5) is 24.5. The molecule has 0 aromatic heterocycles. The van der Waals surface area contributed by atoms with Crippen molar-refractivity contribution >= 4 is 17.7 Å². The van der Waals surface area contributed by atoms with Gasteiger partial charge in [0, 0.05) is 6.54 Å². The van der Waals surface area contributed by atoms with E-state index in [1.165, 1.54) is 19.9 Å². The Labute approximate surface area is 121 Å². The van der Waals surface area contributed by atoms with Gasteiger partial charge in [0.1, 0.15) is 17.4 Å². The number of nitriles is 1. The summed E-state index contributed by atoms with van der Waals surface area (Å²) in [5.41, 5.74) is -1.32. The van der Waals surface area contributed by atoms with Gasteiger partial charge >= 0.3 is 12.0 Å². The van der Waals surface area contributed by atoms with Crippen LogP contribution in [0.15, 0.2) is 18.2 Å². The van der Waals surface area contributed by atoms with Crippen molar-refractivity contribution in [2.75, 3.05) is 11.9 Å². The van der Waals surface area contributed by atoms with Crippen LogP contribution in [0.1, 0.15) is 26.3 Å². The van der Waals surface area contributed by atoms with Crippen LogP contribution < -0.4 is 5.32 Å². The number of nitrogens with zero attached hydrogens (tertiary/aromatic N) is 2. The van der Waals surface area contributed by atoms with Gasteiger partial charge in [-0.25, -0.2) is 14.0 Å². The number of hydrogen-bond donors (Lipinski definition) is 2. The molecule has 0 spiro atoms. The molecule has 0 saturated carbocycles. The van der Waals surface area contributed by atoms with E-state index in [2.05, 4.69) is 5.32 Å². The molecule has 112 valence electrons. The van der Waals surface area contributed by atoms with Crippen molar-refractivity contribution < 1.29 is 19.1 Å². The third-order valence-corrected chi connectivity index (χ3v) is 3.10. The molecule has 0 fully saturated rings. The van der Waals surface area contributed by atoms with Crippen molar-refractivity contribution in [2.45, 2.75) is 26.3 Å². The summed E-state index contributed by atoms with van der Waals surface area (Å²) in [7, 11) is 0. The van der Waals surface area contributed by atoms with E-state index in [1.54, 1.807) is 13.0 Å². The van der Waals surface area contributed by atoms with Gasteiger partial charge in [-0.3, -0.25) is 0 Å². The van der Waals surface area contributed by atoms with Gasteiger partial charge in [-0.15, -0.1) is 0 Å². The molecule has 21 heavy (non-hydrogen) atoms. The minimum absolute atomic E-state index is 0.0347. The number of halogens is 1. The maximum Gasteiger partial charge on any atom is 0.329 e. The number of aliphatic carboxylic acids is 1. The van der Waals surface area contributed by atoms with Crippen LogP contribution in [-0.2, 0) is 4.79 Å². The van der Waals surface area contributed by atoms with E-state index >= 15 is 0 Å². The molecule has 2 N–H and O–H groups in total. The number of amides is 2. The highest BCUT2D eigenvalue weighted by molar-refractivity contribution is 5.94. The first-order valence-electron chi connectivity index (χ1n) is 6.25. The number of benzene rings is 1. The smallest absolute Gasteiger partial charge is 0.329 e. The standard InChI is InChI=1S/C14H16FN3O3/c1-4-18(14(2,3)12(19)20)13(21)17-11-6-5-10(15)7-9(11)8-16/h5-7H,4H2,1-3H3,(H,17,21)(H,19,20). The number of likely N-dealkylation sites (N-methyl/N-ethyl adjacent to an activating group) is 1. The van der Waals surface area contributed by atoms with Crippen LogP contribution in [0.3, 0.4) is 0 Å². The van der Waals surface area contributed by atoms with Gasteiger partial charge in [0.15, 0.2) is 0 Å². The van der Waals surface area contributed by atoms with Crippen molar-refractivity contribution in [1.29, 1.82) is 5.26 Å². The highest BCUT2D eigenvalue weighted by atomic mass is 19.1. The molecule has 0 unspecified atom stereocenters. The number of rotatable bonds is 4. The van der Waals surface area contributed by atoms with E-state index in [0.717, 1.165) is 17.0 Å². The Hall–Kier alpha value is -2.62. The minimum Gasteiger partial charge on any atom is -0.480 e. The number of carboxylic acid groups (broad SMARTS) is 1. The molecule has 1 rings (SSSR count). The van der Waals surface area contributed by atoms with Gasteiger partial charge in [0.05, 0.1) is 11.3 Å². The number of carbonyl (C=O) groups excluding carboxylic acids is 1. The van der Waals surface area contributed by atoms with Gasteiger partial charge in [-0.05, 0) is 39.0 Å². The number of carbonyl (C=O) groups is 2. The van der Waals surface area contributed by atoms with E-state index in [9.17, 15) is 19.1 Å². The van der Waals surface area contributed by atoms with Gasteiger partial charge in [0.25, 0.3) is 0 Å². The lowest BCUT2D eigenvalue weighted by molar-refractivity contribution is -0.147. The second kappa shape index (κ2) is 6.22. The first kappa shape index (κ1) is 16.4. The molecule has 0 radical (unpaired) electrons. The number of carboxylic acids is 1. The van der Waals surface area contributed by atoms with E-state index in [4.69, 9.17) is 5.26 Å². The summed E-state index contributed by atoms with van der Waals surface area (Å²) in [6.07, 6.45) is 0. The van der Waals surface area contributed by atoms with Crippen molar-refractivity contribution in [1.82, 2.24) is 4.90 Å². The van der Waals surface area contributed by atoms with Crippen LogP contribution in [0, 0.1) is 17.1 Å². The van der Waals surface area contributed by atoms with E-state index in [0.29, 0.717) is 0 Å². The molecule has 7 heteroatoms. The average Bonchev–Trinajstić information content (AvgIpc) is 2.41. The lowest BCUT2D eigenvalue weighted by Crippen LogP contribution is -2.54. The Morgan fingerprint density at radius 3 is 2.57 bits per heavy atom. The fourth-order valence-corrected chi connectivity index (χ4v) is 1.81. The van der Waals surface area contributed by atoms with Gasteiger partial charge in [0.2, 0.25) is 0 Å². The van der Waals surface area contributed by atoms with Crippen LogP contribution in [0.5, 0.6) is 0 Å². The maximum absolute atomic E-state index is 13.0. The van der Waals surface area contributed by atoms with Crippen LogP contribution in [-0.4, -0.2) is 34.1 Å². The topological polar surface area (TPSA) is 93.4 Å². The zero-order valence-corrected chi connectivity index (χ0v) is 12.0. The second-order valence-corrected chi connectivity index (χ2v) is 4.84. The number of urea groups is 1. The highest BCUT2D eigenvalue weighted by Gasteiger charge is 2.37. The van der Waals surface area contributed by atoms with Crippen molar-refractivity contribution in [3.63, 3.8) is 0 Å². The van der Waals surface area contributed by atoms with E-state index < -0.39 is 23.4 Å². The van der Waals surface area contributed by atoms with E-state index in [1.807, 2.05) is 0 Å². The summed E-state index contributed by atoms with van der Waals surface area (Å²) in [5, 5.41) is 20.5. The fraction of sp³-hybridized carbons (Fsp3) is 0.357. The molecule has 0 aliphatic carbocycles. The highest BCUT2D eigenvalue weighted by Crippen LogP contribution is 2.20. The fourth-order valence-electron chi connectivity index (χ4n) is 1.81. The van der Waals surface area contributed by atoms with Crippen LogP contribution in [0.25, 0.3) is 0 Å². The molecule has 0 bridgehead atoms. The molecule has 1 aromatic carbocycles. The minimum atomic E-state index is -1.41. The molecule has 0 atom stereocenters. The molecule has 2 amide bonds. The number of anilines is 1. The SMILES string of the molecule is CCN(C(=O)Nc1ccc(F)cc1C#N)C(C)(C)C(=O)O. The molecule has 0 aliphatic heterocycles.